The fourth-order valence-corrected chi connectivity index (χ4v) is 3.64. The highest BCUT2D eigenvalue weighted by atomic mass is 15.3. The van der Waals surface area contributed by atoms with Gasteiger partial charge in [-0.15, -0.1) is 0 Å². The molecule has 0 aliphatic carbocycles. The van der Waals surface area contributed by atoms with Crippen LogP contribution in [0.15, 0.2) is 67.8 Å². The summed E-state index contributed by atoms with van der Waals surface area (Å²) in [6, 6.07) is 12.4. The van der Waals surface area contributed by atoms with Crippen LogP contribution in [0.25, 0.3) is 28.0 Å². The second-order valence-electron chi connectivity index (χ2n) is 7.81. The molecule has 0 atom stereocenters. The highest BCUT2D eigenvalue weighted by molar-refractivity contribution is 5.88. The van der Waals surface area contributed by atoms with E-state index in [4.69, 9.17) is 0 Å². The second-order valence-corrected chi connectivity index (χ2v) is 7.81. The molecule has 1 fully saturated rings. The van der Waals surface area contributed by atoms with Crippen LogP contribution in [0, 0.1) is 0 Å². The van der Waals surface area contributed by atoms with E-state index in [1.54, 1.807) is 0 Å². The predicted octanol–water partition coefficient (Wildman–Crippen LogP) is 4.14. The molecule has 7 heteroatoms. The van der Waals surface area contributed by atoms with E-state index in [0.717, 1.165) is 59.9 Å². The lowest BCUT2D eigenvalue weighted by atomic mass is 10.1. The van der Waals surface area contributed by atoms with E-state index in [2.05, 4.69) is 73.2 Å². The number of nitrogens with one attached hydrogen (secondary N) is 2. The molecule has 2 N–H and O–H groups in total. The average Bonchev–Trinajstić information content (AvgIpc) is 3.39. The summed E-state index contributed by atoms with van der Waals surface area (Å²) in [4.78, 5) is 13.4. The lowest BCUT2D eigenvalue weighted by molar-refractivity contribution is 0.312. The monoisotopic (exact) mass is 427 g/mol. The van der Waals surface area contributed by atoms with Crippen LogP contribution in [-0.2, 0) is 0 Å². The van der Waals surface area contributed by atoms with Gasteiger partial charge in [-0.05, 0) is 47.8 Å². The zero-order chi connectivity index (χ0) is 22.3. The first-order chi connectivity index (χ1) is 15.7. The van der Waals surface area contributed by atoms with Gasteiger partial charge in [-0.1, -0.05) is 24.8 Å². The van der Waals surface area contributed by atoms with Crippen molar-refractivity contribution in [2.75, 3.05) is 50.5 Å². The Balaban J connectivity index is 0.000000155. The van der Waals surface area contributed by atoms with Crippen molar-refractivity contribution in [3.05, 3.63) is 73.3 Å². The Morgan fingerprint density at radius 1 is 0.969 bits per heavy atom. The third-order valence-electron chi connectivity index (χ3n) is 5.64. The molecule has 0 saturated carbocycles. The van der Waals surface area contributed by atoms with Crippen molar-refractivity contribution >= 4 is 28.5 Å². The molecule has 32 heavy (non-hydrogen) atoms. The Morgan fingerprint density at radius 2 is 1.81 bits per heavy atom. The highest BCUT2D eigenvalue weighted by Crippen LogP contribution is 2.24. The van der Waals surface area contributed by atoms with Gasteiger partial charge < -0.3 is 15.1 Å². The molecule has 1 aliphatic heterocycles. The molecule has 4 heterocycles. The van der Waals surface area contributed by atoms with Crippen molar-refractivity contribution in [3.63, 3.8) is 0 Å². The number of rotatable bonds is 4. The first kappa shape index (κ1) is 21.5. The molecule has 5 rings (SSSR count). The predicted molar refractivity (Wildman–Crippen MR) is 133 cm³/mol. The number of aromatic nitrogens is 4. The van der Waals surface area contributed by atoms with E-state index in [9.17, 15) is 0 Å². The standard InChI is InChI=1S/C13H12N4.C12H17N3/c1-14-13-5-11-4-9(12-7-16-17-8-12)2-3-10(11)6-15-13;1-3-11-4-5-13-12(10-11)15-8-6-14(2)7-9-15/h2-8H,1H3,(H,14,15)(H,16,17);3-5,10H,1,6-9H2,2H3. The van der Waals surface area contributed by atoms with Gasteiger partial charge in [-0.2, -0.15) is 5.10 Å². The normalized spacial score (nSPS) is 14.0. The van der Waals surface area contributed by atoms with Gasteiger partial charge in [-0.25, -0.2) is 9.97 Å². The molecule has 0 unspecified atom stereocenters. The molecule has 0 amide bonds. The number of hydrogen-bond donors (Lipinski definition) is 2. The minimum atomic E-state index is 0.877. The van der Waals surface area contributed by atoms with Crippen LogP contribution in [0.2, 0.25) is 0 Å². The summed E-state index contributed by atoms with van der Waals surface area (Å²) >= 11 is 0. The summed E-state index contributed by atoms with van der Waals surface area (Å²) in [6.45, 7) is 8.12. The molecule has 1 aliphatic rings. The van der Waals surface area contributed by atoms with Crippen LogP contribution in [0.1, 0.15) is 5.56 Å². The quantitative estimate of drug-likeness (QED) is 0.510. The molecular formula is C25H29N7. The summed E-state index contributed by atoms with van der Waals surface area (Å²) < 4.78 is 0. The van der Waals surface area contributed by atoms with Gasteiger partial charge in [0.2, 0.25) is 0 Å². The van der Waals surface area contributed by atoms with Gasteiger partial charge >= 0.3 is 0 Å². The van der Waals surface area contributed by atoms with Gasteiger partial charge in [0.05, 0.1) is 6.20 Å². The Morgan fingerprint density at radius 3 is 2.53 bits per heavy atom. The van der Waals surface area contributed by atoms with Crippen LogP contribution in [0.4, 0.5) is 11.6 Å². The maximum atomic E-state index is 4.40. The Hall–Kier alpha value is -3.71. The summed E-state index contributed by atoms with van der Waals surface area (Å²) in [5, 5.41) is 12.1. The molecule has 0 radical (unpaired) electrons. The Labute approximate surface area is 188 Å². The molecule has 0 spiro atoms. The van der Waals surface area contributed by atoms with Crippen LogP contribution in [-0.4, -0.2) is 65.3 Å². The summed E-state index contributed by atoms with van der Waals surface area (Å²) in [5.74, 6) is 1.95. The summed E-state index contributed by atoms with van der Waals surface area (Å²) in [7, 11) is 4.03. The van der Waals surface area contributed by atoms with Crippen molar-refractivity contribution in [2.45, 2.75) is 0 Å². The molecule has 1 aromatic carbocycles. The van der Waals surface area contributed by atoms with Gasteiger partial charge in [-0.3, -0.25) is 5.10 Å². The van der Waals surface area contributed by atoms with Crippen molar-refractivity contribution in [3.8, 4) is 11.1 Å². The van der Waals surface area contributed by atoms with Gasteiger partial charge in [0.25, 0.3) is 0 Å². The number of anilines is 2. The molecule has 4 aromatic rings. The number of benzene rings is 1. The van der Waals surface area contributed by atoms with Crippen molar-refractivity contribution in [2.24, 2.45) is 0 Å². The average molecular weight is 428 g/mol. The number of fused-ring (bicyclic) bond motifs is 1. The molecule has 1 saturated heterocycles. The number of aromatic amines is 1. The largest absolute Gasteiger partial charge is 0.373 e. The van der Waals surface area contributed by atoms with E-state index < -0.39 is 0 Å². The summed E-state index contributed by atoms with van der Waals surface area (Å²) in [5.41, 5.74) is 3.38. The fraction of sp³-hybridized carbons (Fsp3) is 0.240. The number of H-pyrrole nitrogens is 1. The van der Waals surface area contributed by atoms with Crippen LogP contribution in [0.5, 0.6) is 0 Å². The molecule has 164 valence electrons. The van der Waals surface area contributed by atoms with Gasteiger partial charge in [0.15, 0.2) is 0 Å². The first-order valence-corrected chi connectivity index (χ1v) is 10.7. The third-order valence-corrected chi connectivity index (χ3v) is 5.64. The lowest BCUT2D eigenvalue weighted by Gasteiger charge is -2.33. The molecule has 3 aromatic heterocycles. The second kappa shape index (κ2) is 10.1. The fourth-order valence-electron chi connectivity index (χ4n) is 3.64. The zero-order valence-corrected chi connectivity index (χ0v) is 18.6. The van der Waals surface area contributed by atoms with E-state index in [1.807, 2.05) is 50.0 Å². The summed E-state index contributed by atoms with van der Waals surface area (Å²) in [6.07, 6.45) is 9.30. The topological polar surface area (TPSA) is 73.0 Å². The Kier molecular flexibility index (Phi) is 6.77. The van der Waals surface area contributed by atoms with Crippen molar-refractivity contribution < 1.29 is 0 Å². The molecular weight excluding hydrogens is 398 g/mol. The van der Waals surface area contributed by atoms with E-state index in [0.29, 0.717) is 0 Å². The van der Waals surface area contributed by atoms with Crippen molar-refractivity contribution in [1.82, 2.24) is 25.1 Å². The zero-order valence-electron chi connectivity index (χ0n) is 18.6. The third kappa shape index (κ3) is 5.12. The maximum absolute atomic E-state index is 4.40. The maximum Gasteiger partial charge on any atom is 0.129 e. The lowest BCUT2D eigenvalue weighted by Crippen LogP contribution is -2.44. The number of pyridine rings is 2. The molecule has 7 nitrogen and oxygen atoms in total. The van der Waals surface area contributed by atoms with Gasteiger partial charge in [0, 0.05) is 62.8 Å². The van der Waals surface area contributed by atoms with E-state index >= 15 is 0 Å². The van der Waals surface area contributed by atoms with Crippen LogP contribution in [0.3, 0.4) is 0 Å². The van der Waals surface area contributed by atoms with Gasteiger partial charge in [0.1, 0.15) is 11.6 Å². The highest BCUT2D eigenvalue weighted by Gasteiger charge is 2.14. The number of nitrogens with zero attached hydrogens (tertiary/aromatic N) is 5. The number of piperazine rings is 1. The number of hydrogen-bond acceptors (Lipinski definition) is 6. The number of likely N-dealkylation sites (N-methyl/N-ethyl adjacent to an activating group) is 1. The molecule has 0 bridgehead atoms. The van der Waals surface area contributed by atoms with Crippen molar-refractivity contribution in [1.29, 1.82) is 0 Å². The minimum absolute atomic E-state index is 0.877. The smallest absolute Gasteiger partial charge is 0.129 e. The van der Waals surface area contributed by atoms with Crippen LogP contribution >= 0.6 is 0 Å². The SMILES string of the molecule is C=Cc1ccnc(N2CCN(C)CC2)c1.CNc1cc2cc(-c3cn[nH]c3)ccc2cn1. The minimum Gasteiger partial charge on any atom is -0.373 e. The van der Waals surface area contributed by atoms with E-state index in [-0.39, 0.29) is 0 Å². The van der Waals surface area contributed by atoms with E-state index in [1.165, 1.54) is 5.39 Å². The first-order valence-electron chi connectivity index (χ1n) is 10.7. The van der Waals surface area contributed by atoms with Crippen LogP contribution < -0.4 is 10.2 Å². The Bertz CT molecular complexity index is 1160.